The van der Waals surface area contributed by atoms with Gasteiger partial charge >= 0.3 is 5.97 Å². The molecule has 0 aliphatic heterocycles. The molecule has 0 N–H and O–H groups in total. The van der Waals surface area contributed by atoms with Crippen molar-refractivity contribution in [3.63, 3.8) is 0 Å². The van der Waals surface area contributed by atoms with Crippen LogP contribution in [0.2, 0.25) is 0 Å². The van der Waals surface area contributed by atoms with E-state index in [4.69, 9.17) is 4.74 Å². The lowest BCUT2D eigenvalue weighted by molar-refractivity contribution is -0.134. The fourth-order valence-electron chi connectivity index (χ4n) is 8.05. The van der Waals surface area contributed by atoms with Gasteiger partial charge in [-0.3, -0.25) is 4.79 Å². The number of unbranched alkanes of at least 4 members (excludes halogenated alkanes) is 11. The monoisotopic (exact) mass is 532 g/mol. The second-order valence-electron chi connectivity index (χ2n) is 13.2. The van der Waals surface area contributed by atoms with Crippen LogP contribution in [0.3, 0.4) is 0 Å². The third-order valence-corrected chi connectivity index (χ3v) is 10.5. The number of fused-ring (bicyclic) bond motifs is 5. The Bertz CT molecular complexity index is 958. The molecule has 0 amide bonds. The number of carbonyl (C=O) groups is 1. The first kappa shape index (κ1) is 30.1. The predicted octanol–water partition coefficient (Wildman–Crippen LogP) is 11.0. The van der Waals surface area contributed by atoms with E-state index in [1.54, 1.807) is 0 Å². The molecule has 0 spiro atoms. The number of hydrogen-bond donors (Lipinski definition) is 0. The maximum Gasteiger partial charge on any atom is 0.311 e. The average molecular weight is 533 g/mol. The van der Waals surface area contributed by atoms with Gasteiger partial charge < -0.3 is 4.74 Å². The summed E-state index contributed by atoms with van der Waals surface area (Å²) in [4.78, 5) is 12.5. The minimum Gasteiger partial charge on any atom is -0.427 e. The Morgan fingerprint density at radius 1 is 0.923 bits per heavy atom. The number of hydrogen-bond acceptors (Lipinski definition) is 2. The Kier molecular flexibility index (Phi) is 11.8. The van der Waals surface area contributed by atoms with E-state index in [0.29, 0.717) is 17.8 Å². The first-order chi connectivity index (χ1) is 19.0. The molecule has 0 heterocycles. The maximum atomic E-state index is 12.5. The number of esters is 1. The molecule has 1 aromatic rings. The van der Waals surface area contributed by atoms with Gasteiger partial charge in [-0.25, -0.2) is 0 Å². The molecule has 4 rings (SSSR count). The summed E-state index contributed by atoms with van der Waals surface area (Å²) in [6.45, 7) is 9.20. The lowest BCUT2D eigenvalue weighted by Gasteiger charge is -2.49. The van der Waals surface area contributed by atoms with Gasteiger partial charge in [-0.2, -0.15) is 0 Å². The molecule has 3 aliphatic carbocycles. The van der Waals surface area contributed by atoms with Gasteiger partial charge in [0.05, 0.1) is 0 Å². The molecule has 0 aromatic heterocycles. The SMILES string of the molecule is C=C1CCC2[C@@H]3CCc4cc(OC(=O)CCCCCCC/C=C\CCCCCCCC)ccc4C3CC[C@]12C. The van der Waals surface area contributed by atoms with Gasteiger partial charge in [0.2, 0.25) is 0 Å². The highest BCUT2D eigenvalue weighted by Gasteiger charge is 2.51. The highest BCUT2D eigenvalue weighted by molar-refractivity contribution is 5.72. The van der Waals surface area contributed by atoms with Crippen LogP contribution in [0.5, 0.6) is 5.75 Å². The Hall–Kier alpha value is -1.83. The first-order valence-corrected chi connectivity index (χ1v) is 16.7. The summed E-state index contributed by atoms with van der Waals surface area (Å²) in [5.41, 5.74) is 4.83. The zero-order valence-corrected chi connectivity index (χ0v) is 25.3. The molecule has 2 saturated carbocycles. The summed E-state index contributed by atoms with van der Waals surface area (Å²) < 4.78 is 5.78. The normalized spacial score (nSPS) is 25.9. The van der Waals surface area contributed by atoms with E-state index >= 15 is 0 Å². The molecule has 39 heavy (non-hydrogen) atoms. The van der Waals surface area contributed by atoms with Gasteiger partial charge in [0.1, 0.15) is 5.75 Å². The third kappa shape index (κ3) is 8.11. The van der Waals surface area contributed by atoms with Crippen molar-refractivity contribution < 1.29 is 9.53 Å². The molecule has 0 bridgehead atoms. The lowest BCUT2D eigenvalue weighted by Crippen LogP contribution is -2.40. The van der Waals surface area contributed by atoms with Crippen molar-refractivity contribution in [2.24, 2.45) is 17.3 Å². The molecule has 0 radical (unpaired) electrons. The molecule has 2 nitrogen and oxygen atoms in total. The second kappa shape index (κ2) is 15.2. The van der Waals surface area contributed by atoms with Gasteiger partial charge in [0, 0.05) is 6.42 Å². The van der Waals surface area contributed by atoms with Crippen LogP contribution < -0.4 is 4.74 Å². The standard InChI is InChI=1S/C37H56O2/c1-4-5-6-7-8-9-10-11-12-13-14-15-16-17-18-19-36(38)39-31-22-24-32-30(28-31)21-23-34-33(32)26-27-37(3)29(2)20-25-35(34)37/h11-12,22,24,28,33-35H,2,4-10,13-21,23,25-27H2,1,3H3/b12-11-/t33?,34-,35?,37-/m1/s1. The fraction of sp³-hybridized carbons (Fsp3) is 0.703. The Labute approximate surface area is 240 Å². The van der Waals surface area contributed by atoms with Crippen molar-refractivity contribution in [2.45, 2.75) is 148 Å². The topological polar surface area (TPSA) is 26.3 Å². The van der Waals surface area contributed by atoms with E-state index in [9.17, 15) is 4.79 Å². The first-order valence-electron chi connectivity index (χ1n) is 16.7. The average Bonchev–Trinajstić information content (AvgIpc) is 3.24. The van der Waals surface area contributed by atoms with Crippen LogP contribution in [-0.2, 0) is 11.2 Å². The summed E-state index contributed by atoms with van der Waals surface area (Å²) in [5.74, 6) is 2.96. The molecule has 3 aliphatic rings. The number of aryl methyl sites for hydroxylation is 1. The van der Waals surface area contributed by atoms with Gasteiger partial charge in [-0.05, 0) is 117 Å². The number of allylic oxidation sites excluding steroid dienone is 3. The van der Waals surface area contributed by atoms with Crippen molar-refractivity contribution in [3.05, 3.63) is 53.6 Å². The summed E-state index contributed by atoms with van der Waals surface area (Å²) >= 11 is 0. The van der Waals surface area contributed by atoms with Crippen LogP contribution in [-0.4, -0.2) is 5.97 Å². The van der Waals surface area contributed by atoms with Crippen LogP contribution in [0.15, 0.2) is 42.5 Å². The molecule has 1 aromatic carbocycles. The van der Waals surface area contributed by atoms with Crippen molar-refractivity contribution in [3.8, 4) is 5.75 Å². The van der Waals surface area contributed by atoms with Gasteiger partial charge in [-0.1, -0.05) is 95.6 Å². The molecule has 2 fully saturated rings. The molecule has 2 heteroatoms. The van der Waals surface area contributed by atoms with Crippen molar-refractivity contribution in [1.29, 1.82) is 0 Å². The maximum absolute atomic E-state index is 12.5. The largest absolute Gasteiger partial charge is 0.427 e. The second-order valence-corrected chi connectivity index (χ2v) is 13.2. The minimum atomic E-state index is -0.0702. The van der Waals surface area contributed by atoms with Crippen molar-refractivity contribution >= 4 is 5.97 Å². The van der Waals surface area contributed by atoms with Gasteiger partial charge in [-0.15, -0.1) is 0 Å². The van der Waals surface area contributed by atoms with E-state index < -0.39 is 0 Å². The van der Waals surface area contributed by atoms with Crippen LogP contribution in [0.4, 0.5) is 0 Å². The Morgan fingerprint density at radius 3 is 2.36 bits per heavy atom. The fourth-order valence-corrected chi connectivity index (χ4v) is 8.05. The van der Waals surface area contributed by atoms with Crippen LogP contribution in [0, 0.1) is 17.3 Å². The predicted molar refractivity (Wildman–Crippen MR) is 165 cm³/mol. The molecule has 2 unspecified atom stereocenters. The zero-order chi connectivity index (χ0) is 27.5. The quantitative estimate of drug-likeness (QED) is 0.0915. The zero-order valence-electron chi connectivity index (χ0n) is 25.3. The number of benzene rings is 1. The summed E-state index contributed by atoms with van der Waals surface area (Å²) in [6.07, 6.45) is 29.3. The van der Waals surface area contributed by atoms with Crippen LogP contribution in [0.25, 0.3) is 0 Å². The number of carbonyl (C=O) groups excluding carboxylic acids is 1. The summed E-state index contributed by atoms with van der Waals surface area (Å²) in [5, 5.41) is 0. The molecule has 0 saturated heterocycles. The van der Waals surface area contributed by atoms with E-state index in [1.165, 1.54) is 119 Å². The van der Waals surface area contributed by atoms with Crippen LogP contribution in [0.1, 0.15) is 153 Å². The Balaban J connectivity index is 1.08. The minimum absolute atomic E-state index is 0.0702. The number of ether oxygens (including phenoxy) is 1. The number of rotatable bonds is 16. The summed E-state index contributed by atoms with van der Waals surface area (Å²) in [7, 11) is 0. The smallest absolute Gasteiger partial charge is 0.311 e. The molecular formula is C37H56O2. The molecular weight excluding hydrogens is 476 g/mol. The van der Waals surface area contributed by atoms with Gasteiger partial charge in [0.15, 0.2) is 0 Å². The van der Waals surface area contributed by atoms with Crippen LogP contribution >= 0.6 is 0 Å². The molecule has 216 valence electrons. The van der Waals surface area contributed by atoms with E-state index in [-0.39, 0.29) is 5.97 Å². The lowest BCUT2D eigenvalue weighted by atomic mass is 9.55. The van der Waals surface area contributed by atoms with Crippen molar-refractivity contribution in [1.82, 2.24) is 0 Å². The highest BCUT2D eigenvalue weighted by atomic mass is 16.5. The molecule has 4 atom stereocenters. The van der Waals surface area contributed by atoms with E-state index in [2.05, 4.69) is 50.8 Å². The highest BCUT2D eigenvalue weighted by Crippen LogP contribution is 2.62. The van der Waals surface area contributed by atoms with E-state index in [0.717, 1.165) is 36.8 Å². The third-order valence-electron chi connectivity index (χ3n) is 10.5. The van der Waals surface area contributed by atoms with Crippen molar-refractivity contribution in [2.75, 3.05) is 0 Å². The van der Waals surface area contributed by atoms with Gasteiger partial charge in [0.25, 0.3) is 0 Å². The summed E-state index contributed by atoms with van der Waals surface area (Å²) in [6, 6.07) is 6.51. The van der Waals surface area contributed by atoms with E-state index in [1.807, 2.05) is 0 Å². The Morgan fingerprint density at radius 2 is 1.62 bits per heavy atom.